The van der Waals surface area contributed by atoms with Gasteiger partial charge in [-0.05, 0) is 25.7 Å². The topological polar surface area (TPSA) is 58.4 Å². The van der Waals surface area contributed by atoms with Gasteiger partial charge in [-0.1, -0.05) is 13.3 Å². The fourth-order valence-corrected chi connectivity index (χ4v) is 1.96. The first-order chi connectivity index (χ1) is 7.27. The molecule has 0 aromatic rings. The van der Waals surface area contributed by atoms with Crippen LogP contribution in [0.1, 0.15) is 39.0 Å². The first-order valence-corrected chi connectivity index (χ1v) is 6.03. The summed E-state index contributed by atoms with van der Waals surface area (Å²) in [6, 6.07) is 0.211. The third-order valence-corrected chi connectivity index (χ3v) is 2.89. The molecule has 1 unspecified atom stereocenters. The summed E-state index contributed by atoms with van der Waals surface area (Å²) in [4.78, 5) is 13.7. The Kier molecular flexibility index (Phi) is 5.47. The van der Waals surface area contributed by atoms with Crippen LogP contribution in [0.4, 0.5) is 4.79 Å². The van der Waals surface area contributed by atoms with Crippen molar-refractivity contribution < 1.29 is 4.79 Å². The number of amides is 2. The quantitative estimate of drug-likeness (QED) is 0.739. The Morgan fingerprint density at radius 2 is 2.07 bits per heavy atom. The minimum atomic E-state index is 0.0681. The van der Waals surface area contributed by atoms with Crippen LogP contribution in [0, 0.1) is 0 Å². The molecule has 3 N–H and O–H groups in total. The number of urea groups is 1. The average Bonchev–Trinajstić information content (AvgIpc) is 2.29. The Hall–Kier alpha value is -0.770. The molecule has 0 aromatic heterocycles. The van der Waals surface area contributed by atoms with E-state index in [1.165, 1.54) is 6.42 Å². The van der Waals surface area contributed by atoms with Crippen molar-refractivity contribution >= 4 is 6.03 Å². The Morgan fingerprint density at radius 3 is 2.60 bits per heavy atom. The van der Waals surface area contributed by atoms with E-state index in [0.29, 0.717) is 6.54 Å². The van der Waals surface area contributed by atoms with E-state index in [4.69, 9.17) is 5.73 Å². The lowest BCUT2D eigenvalue weighted by atomic mass is 10.1. The fraction of sp³-hybridized carbons (Fsp3) is 0.909. The zero-order valence-electron chi connectivity index (χ0n) is 9.67. The van der Waals surface area contributed by atoms with Crippen LogP contribution in [0.3, 0.4) is 0 Å². The van der Waals surface area contributed by atoms with Crippen LogP contribution >= 0.6 is 0 Å². The molecule has 0 radical (unpaired) electrons. The molecule has 4 heteroatoms. The molecule has 1 rings (SSSR count). The molecule has 1 heterocycles. The number of hydrogen-bond acceptors (Lipinski definition) is 2. The molecule has 0 bridgehead atoms. The van der Waals surface area contributed by atoms with E-state index < -0.39 is 0 Å². The number of hydrogen-bond donors (Lipinski definition) is 2. The molecule has 1 atom stereocenters. The molecule has 4 nitrogen and oxygen atoms in total. The molecule has 1 aliphatic heterocycles. The number of likely N-dealkylation sites (tertiary alicyclic amines) is 1. The lowest BCUT2D eigenvalue weighted by Gasteiger charge is -2.28. The lowest BCUT2D eigenvalue weighted by molar-refractivity contribution is 0.182. The second kappa shape index (κ2) is 6.67. The second-order valence-corrected chi connectivity index (χ2v) is 4.22. The van der Waals surface area contributed by atoms with Gasteiger partial charge in [-0.15, -0.1) is 0 Å². The van der Waals surface area contributed by atoms with Crippen molar-refractivity contribution in [2.45, 2.75) is 45.1 Å². The molecule has 1 saturated heterocycles. The van der Waals surface area contributed by atoms with Crippen molar-refractivity contribution in [1.29, 1.82) is 0 Å². The van der Waals surface area contributed by atoms with Gasteiger partial charge in [0, 0.05) is 25.7 Å². The summed E-state index contributed by atoms with van der Waals surface area (Å²) in [5, 5.41) is 3.00. The Bertz CT molecular complexity index is 190. The third-order valence-electron chi connectivity index (χ3n) is 2.89. The lowest BCUT2D eigenvalue weighted by Crippen LogP contribution is -2.48. The highest BCUT2D eigenvalue weighted by Crippen LogP contribution is 2.08. The van der Waals surface area contributed by atoms with E-state index in [9.17, 15) is 4.79 Å². The van der Waals surface area contributed by atoms with Crippen molar-refractivity contribution in [3.05, 3.63) is 0 Å². The largest absolute Gasteiger partial charge is 0.334 e. The van der Waals surface area contributed by atoms with E-state index in [1.807, 2.05) is 4.90 Å². The van der Waals surface area contributed by atoms with E-state index in [-0.39, 0.29) is 12.1 Å². The Balaban J connectivity index is 2.31. The Morgan fingerprint density at radius 1 is 1.40 bits per heavy atom. The van der Waals surface area contributed by atoms with Gasteiger partial charge in [0.05, 0.1) is 0 Å². The highest BCUT2D eigenvalue weighted by molar-refractivity contribution is 5.74. The molecule has 0 aliphatic carbocycles. The summed E-state index contributed by atoms with van der Waals surface area (Å²) in [5.41, 5.74) is 5.60. The van der Waals surface area contributed by atoms with Crippen LogP contribution in [0.25, 0.3) is 0 Å². The van der Waals surface area contributed by atoms with Crippen LogP contribution in [0.15, 0.2) is 0 Å². The van der Waals surface area contributed by atoms with E-state index in [2.05, 4.69) is 12.2 Å². The van der Waals surface area contributed by atoms with E-state index >= 15 is 0 Å². The number of nitrogens with one attached hydrogen (secondary N) is 1. The van der Waals surface area contributed by atoms with Gasteiger partial charge < -0.3 is 16.0 Å². The second-order valence-electron chi connectivity index (χ2n) is 4.22. The maximum absolute atomic E-state index is 11.8. The highest BCUT2D eigenvalue weighted by atomic mass is 16.2. The molecule has 0 spiro atoms. The zero-order valence-corrected chi connectivity index (χ0v) is 9.67. The van der Waals surface area contributed by atoms with Gasteiger partial charge in [0.25, 0.3) is 0 Å². The molecule has 88 valence electrons. The van der Waals surface area contributed by atoms with Crippen LogP contribution in [-0.4, -0.2) is 36.6 Å². The van der Waals surface area contributed by atoms with Crippen LogP contribution < -0.4 is 11.1 Å². The highest BCUT2D eigenvalue weighted by Gasteiger charge is 2.18. The van der Waals surface area contributed by atoms with Crippen molar-refractivity contribution in [2.75, 3.05) is 19.6 Å². The van der Waals surface area contributed by atoms with Crippen LogP contribution in [-0.2, 0) is 0 Å². The van der Waals surface area contributed by atoms with Crippen LogP contribution in [0.5, 0.6) is 0 Å². The number of carbonyl (C=O) groups excluding carboxylic acids is 1. The first-order valence-electron chi connectivity index (χ1n) is 6.03. The fourth-order valence-electron chi connectivity index (χ4n) is 1.96. The molecule has 15 heavy (non-hydrogen) atoms. The SMILES string of the molecule is CCCC(CN)NC(=O)N1CCCCC1. The summed E-state index contributed by atoms with van der Waals surface area (Å²) in [7, 11) is 0. The minimum Gasteiger partial charge on any atom is -0.334 e. The number of rotatable bonds is 4. The number of nitrogens with zero attached hydrogens (tertiary/aromatic N) is 1. The Labute approximate surface area is 92.2 Å². The smallest absolute Gasteiger partial charge is 0.317 e. The maximum atomic E-state index is 11.8. The average molecular weight is 213 g/mol. The summed E-state index contributed by atoms with van der Waals surface area (Å²) < 4.78 is 0. The standard InChI is InChI=1S/C11H23N3O/c1-2-6-10(9-12)13-11(15)14-7-4-3-5-8-14/h10H,2-9,12H2,1H3,(H,13,15). The van der Waals surface area contributed by atoms with Gasteiger partial charge in [0.1, 0.15) is 0 Å². The summed E-state index contributed by atoms with van der Waals surface area (Å²) >= 11 is 0. The van der Waals surface area contributed by atoms with Gasteiger partial charge in [0.2, 0.25) is 0 Å². The zero-order chi connectivity index (χ0) is 11.1. The van der Waals surface area contributed by atoms with Crippen LogP contribution in [0.2, 0.25) is 0 Å². The minimum absolute atomic E-state index is 0.0681. The summed E-state index contributed by atoms with van der Waals surface area (Å²) in [6.45, 7) is 4.44. The molecule has 1 fully saturated rings. The van der Waals surface area contributed by atoms with Gasteiger partial charge >= 0.3 is 6.03 Å². The molecule has 2 amide bonds. The summed E-state index contributed by atoms with van der Waals surface area (Å²) in [5.74, 6) is 0. The van der Waals surface area contributed by atoms with E-state index in [1.54, 1.807) is 0 Å². The van der Waals surface area contributed by atoms with Gasteiger partial charge in [-0.3, -0.25) is 0 Å². The molecular weight excluding hydrogens is 190 g/mol. The number of carbonyl (C=O) groups is 1. The molecule has 1 aliphatic rings. The number of piperidine rings is 1. The van der Waals surface area contributed by atoms with Gasteiger partial charge in [-0.25, -0.2) is 4.79 Å². The van der Waals surface area contributed by atoms with Crippen molar-refractivity contribution in [3.8, 4) is 0 Å². The van der Waals surface area contributed by atoms with Crippen molar-refractivity contribution in [1.82, 2.24) is 10.2 Å². The van der Waals surface area contributed by atoms with Gasteiger partial charge in [0.15, 0.2) is 0 Å². The van der Waals surface area contributed by atoms with Crippen molar-refractivity contribution in [2.24, 2.45) is 5.73 Å². The first kappa shape index (κ1) is 12.3. The molecule has 0 aromatic carbocycles. The summed E-state index contributed by atoms with van der Waals surface area (Å²) in [6.07, 6.45) is 5.54. The number of nitrogens with two attached hydrogens (primary N) is 1. The predicted molar refractivity (Wildman–Crippen MR) is 61.7 cm³/mol. The van der Waals surface area contributed by atoms with Gasteiger partial charge in [-0.2, -0.15) is 0 Å². The maximum Gasteiger partial charge on any atom is 0.317 e. The predicted octanol–water partition coefficient (Wildman–Crippen LogP) is 1.31. The normalized spacial score (nSPS) is 18.7. The third kappa shape index (κ3) is 4.08. The van der Waals surface area contributed by atoms with Crippen molar-refractivity contribution in [3.63, 3.8) is 0 Å². The van der Waals surface area contributed by atoms with E-state index in [0.717, 1.165) is 38.8 Å². The molecule has 0 saturated carbocycles. The monoisotopic (exact) mass is 213 g/mol. The molecular formula is C11H23N3O.